The predicted molar refractivity (Wildman–Crippen MR) is 79.6 cm³/mol. The normalized spacial score (nSPS) is 14.0. The van der Waals surface area contributed by atoms with E-state index in [4.69, 9.17) is 9.53 Å². The Bertz CT molecular complexity index is 524. The minimum absolute atomic E-state index is 0.109. The molecular weight excluding hydrogens is 294 g/mol. The average molecular weight is 316 g/mol. The summed E-state index contributed by atoms with van der Waals surface area (Å²) in [5.41, 5.74) is 0.348. The highest BCUT2D eigenvalue weighted by molar-refractivity contribution is 6.74. The molecule has 3 nitrogen and oxygen atoms in total. The minimum Gasteiger partial charge on any atom is -0.481 e. The van der Waals surface area contributed by atoms with Crippen LogP contribution in [-0.4, -0.2) is 19.4 Å². The van der Waals surface area contributed by atoms with Crippen LogP contribution in [0.15, 0.2) is 18.2 Å². The fraction of sp³-hybridized carbons (Fsp3) is 0.533. The van der Waals surface area contributed by atoms with Crippen molar-refractivity contribution in [2.75, 3.05) is 0 Å². The smallest absolute Gasteiger partial charge is 0.306 e. The summed E-state index contributed by atoms with van der Waals surface area (Å²) < 4.78 is 32.5. The Hall–Kier alpha value is -1.27. The zero-order valence-corrected chi connectivity index (χ0v) is 14.0. The molecule has 0 saturated heterocycles. The third-order valence-electron chi connectivity index (χ3n) is 3.92. The Labute approximate surface area is 125 Å². The molecule has 21 heavy (non-hydrogen) atoms. The standard InChI is InChI=1S/C15H22F2O3Si/c1-15(2,3)21(4,5)20-13(9-14(18)19)10-6-7-11(16)12(17)8-10/h6-8,13H,9H2,1-5H3,(H,18,19)/t13-/m1/s1. The van der Waals surface area contributed by atoms with Gasteiger partial charge < -0.3 is 9.53 Å². The molecular formula is C15H22F2O3Si. The van der Waals surface area contributed by atoms with Crippen LogP contribution in [0.5, 0.6) is 0 Å². The topological polar surface area (TPSA) is 46.5 Å². The maximum absolute atomic E-state index is 13.4. The van der Waals surface area contributed by atoms with Crippen LogP contribution in [0.25, 0.3) is 0 Å². The van der Waals surface area contributed by atoms with Gasteiger partial charge in [-0.25, -0.2) is 8.78 Å². The summed E-state index contributed by atoms with van der Waals surface area (Å²) in [7, 11) is -2.23. The van der Waals surface area contributed by atoms with Crippen LogP contribution in [0.1, 0.15) is 38.9 Å². The number of halogens is 2. The monoisotopic (exact) mass is 316 g/mol. The van der Waals surface area contributed by atoms with Gasteiger partial charge in [-0.05, 0) is 35.8 Å². The molecule has 1 aromatic carbocycles. The molecule has 0 aliphatic carbocycles. The number of carbonyl (C=O) groups is 1. The lowest BCUT2D eigenvalue weighted by atomic mass is 10.1. The van der Waals surface area contributed by atoms with E-state index in [9.17, 15) is 13.6 Å². The molecule has 0 saturated carbocycles. The molecule has 0 spiro atoms. The zero-order valence-electron chi connectivity index (χ0n) is 13.0. The van der Waals surface area contributed by atoms with Gasteiger partial charge in [0.05, 0.1) is 12.5 Å². The Morgan fingerprint density at radius 3 is 2.29 bits per heavy atom. The van der Waals surface area contributed by atoms with E-state index in [2.05, 4.69) is 0 Å². The number of aliphatic carboxylic acids is 1. The van der Waals surface area contributed by atoms with Crippen molar-refractivity contribution >= 4 is 14.3 Å². The summed E-state index contributed by atoms with van der Waals surface area (Å²) in [4.78, 5) is 11.0. The molecule has 1 atom stereocenters. The van der Waals surface area contributed by atoms with E-state index in [0.717, 1.165) is 12.1 Å². The largest absolute Gasteiger partial charge is 0.481 e. The van der Waals surface area contributed by atoms with Gasteiger partial charge in [0.25, 0.3) is 0 Å². The predicted octanol–water partition coefficient (Wildman–Crippen LogP) is 4.50. The summed E-state index contributed by atoms with van der Waals surface area (Å²) >= 11 is 0. The van der Waals surface area contributed by atoms with E-state index >= 15 is 0 Å². The molecule has 0 heterocycles. The lowest BCUT2D eigenvalue weighted by Gasteiger charge is -2.39. The zero-order chi connectivity index (χ0) is 16.4. The number of hydrogen-bond donors (Lipinski definition) is 1. The molecule has 0 aromatic heterocycles. The van der Waals surface area contributed by atoms with Crippen LogP contribution in [0.3, 0.4) is 0 Å². The SMILES string of the molecule is CC(C)(C)[Si](C)(C)O[C@H](CC(=O)O)c1ccc(F)c(F)c1. The van der Waals surface area contributed by atoms with Crippen LogP contribution >= 0.6 is 0 Å². The van der Waals surface area contributed by atoms with Crippen molar-refractivity contribution in [2.24, 2.45) is 0 Å². The maximum Gasteiger partial charge on any atom is 0.306 e. The molecule has 1 N–H and O–H groups in total. The second kappa shape index (κ2) is 6.23. The van der Waals surface area contributed by atoms with Crippen LogP contribution in [0.4, 0.5) is 8.78 Å². The lowest BCUT2D eigenvalue weighted by molar-refractivity contribution is -0.139. The molecule has 0 bridgehead atoms. The second-order valence-corrected chi connectivity index (χ2v) is 11.4. The van der Waals surface area contributed by atoms with Crippen molar-refractivity contribution in [3.05, 3.63) is 35.4 Å². The van der Waals surface area contributed by atoms with E-state index in [-0.39, 0.29) is 11.5 Å². The van der Waals surface area contributed by atoms with Crippen LogP contribution in [0, 0.1) is 11.6 Å². The van der Waals surface area contributed by atoms with E-state index in [1.165, 1.54) is 6.07 Å². The van der Waals surface area contributed by atoms with Gasteiger partial charge in [0, 0.05) is 0 Å². The molecule has 1 aromatic rings. The third-order valence-corrected chi connectivity index (χ3v) is 8.40. The van der Waals surface area contributed by atoms with E-state index < -0.39 is 32.0 Å². The quantitative estimate of drug-likeness (QED) is 0.813. The fourth-order valence-corrected chi connectivity index (χ4v) is 2.92. The number of carboxylic acid groups (broad SMARTS) is 1. The first-order valence-electron chi connectivity index (χ1n) is 6.78. The summed E-state index contributed by atoms with van der Waals surface area (Å²) in [6.45, 7) is 10.1. The first kappa shape index (κ1) is 17.8. The Morgan fingerprint density at radius 2 is 1.86 bits per heavy atom. The molecule has 0 aliphatic rings. The van der Waals surface area contributed by atoms with Crippen LogP contribution < -0.4 is 0 Å². The van der Waals surface area contributed by atoms with Gasteiger partial charge in [-0.3, -0.25) is 4.79 Å². The molecule has 0 fully saturated rings. The van der Waals surface area contributed by atoms with Crippen LogP contribution in [0.2, 0.25) is 18.1 Å². The number of benzene rings is 1. The number of carboxylic acids is 1. The molecule has 0 radical (unpaired) electrons. The number of hydrogen-bond acceptors (Lipinski definition) is 2. The Kier molecular flexibility index (Phi) is 5.28. The van der Waals surface area contributed by atoms with Gasteiger partial charge in [0.2, 0.25) is 0 Å². The highest BCUT2D eigenvalue weighted by Gasteiger charge is 2.40. The van der Waals surface area contributed by atoms with Crippen molar-refractivity contribution in [3.63, 3.8) is 0 Å². The van der Waals surface area contributed by atoms with E-state index in [0.29, 0.717) is 5.56 Å². The molecule has 0 amide bonds. The maximum atomic E-state index is 13.4. The molecule has 0 unspecified atom stereocenters. The van der Waals surface area contributed by atoms with Crippen molar-refractivity contribution < 1.29 is 23.1 Å². The number of rotatable bonds is 5. The third kappa shape index (κ3) is 4.61. The molecule has 1 rings (SSSR count). The minimum atomic E-state index is -2.23. The highest BCUT2D eigenvalue weighted by Crippen LogP contribution is 2.40. The first-order valence-corrected chi connectivity index (χ1v) is 9.69. The summed E-state index contributed by atoms with van der Waals surface area (Å²) in [6.07, 6.45) is -1.06. The lowest BCUT2D eigenvalue weighted by Crippen LogP contribution is -2.42. The van der Waals surface area contributed by atoms with Crippen molar-refractivity contribution in [1.29, 1.82) is 0 Å². The summed E-state index contributed by atoms with van der Waals surface area (Å²) in [5, 5.41) is 8.93. The Balaban J connectivity index is 3.11. The average Bonchev–Trinajstić information content (AvgIpc) is 2.29. The van der Waals surface area contributed by atoms with Crippen molar-refractivity contribution in [2.45, 2.75) is 51.4 Å². The van der Waals surface area contributed by atoms with Gasteiger partial charge in [0.15, 0.2) is 20.0 Å². The van der Waals surface area contributed by atoms with Crippen molar-refractivity contribution in [1.82, 2.24) is 0 Å². The van der Waals surface area contributed by atoms with Crippen LogP contribution in [-0.2, 0) is 9.22 Å². The van der Waals surface area contributed by atoms with Crippen molar-refractivity contribution in [3.8, 4) is 0 Å². The van der Waals surface area contributed by atoms with Gasteiger partial charge in [-0.1, -0.05) is 26.8 Å². The fourth-order valence-electron chi connectivity index (χ4n) is 1.63. The molecule has 118 valence electrons. The summed E-state index contributed by atoms with van der Waals surface area (Å²) in [6, 6.07) is 3.38. The van der Waals surface area contributed by atoms with E-state index in [1.807, 2.05) is 33.9 Å². The molecule has 6 heteroatoms. The van der Waals surface area contributed by atoms with Gasteiger partial charge in [0.1, 0.15) is 0 Å². The highest BCUT2D eigenvalue weighted by atomic mass is 28.4. The first-order chi connectivity index (χ1) is 9.44. The molecule has 0 aliphatic heterocycles. The second-order valence-electron chi connectivity index (χ2n) is 6.64. The van der Waals surface area contributed by atoms with Gasteiger partial charge >= 0.3 is 5.97 Å². The van der Waals surface area contributed by atoms with Gasteiger partial charge in [-0.15, -0.1) is 0 Å². The Morgan fingerprint density at radius 1 is 1.29 bits per heavy atom. The summed E-state index contributed by atoms with van der Waals surface area (Å²) in [5.74, 6) is -3.00. The van der Waals surface area contributed by atoms with E-state index in [1.54, 1.807) is 0 Å². The van der Waals surface area contributed by atoms with Gasteiger partial charge in [-0.2, -0.15) is 0 Å².